The predicted octanol–water partition coefficient (Wildman–Crippen LogP) is 3.23. The van der Waals surface area contributed by atoms with Gasteiger partial charge in [0.05, 0.1) is 0 Å². The van der Waals surface area contributed by atoms with Crippen molar-refractivity contribution in [2.45, 2.75) is 0 Å². The van der Waals surface area contributed by atoms with E-state index >= 15 is 0 Å². The molecular weight excluding hydrogens is 265 g/mol. The van der Waals surface area contributed by atoms with Crippen molar-refractivity contribution >= 4 is 29.3 Å². The number of cyclic esters (lactones) is 1. The second-order valence-electron chi connectivity index (χ2n) is 3.86. The number of benzene rings is 1. The summed E-state index contributed by atoms with van der Waals surface area (Å²) in [7, 11) is 0. The number of hydrogen-bond donors (Lipinski definition) is 0. The molecule has 1 aliphatic rings. The van der Waals surface area contributed by atoms with E-state index in [1.54, 1.807) is 18.2 Å². The fourth-order valence-corrected chi connectivity index (χ4v) is 2.31. The maximum Gasteiger partial charge on any atom is 0.363 e. The highest BCUT2D eigenvalue weighted by atomic mass is 32.1. The highest BCUT2D eigenvalue weighted by Crippen LogP contribution is 2.21. The summed E-state index contributed by atoms with van der Waals surface area (Å²) < 4.78 is 18.2. The van der Waals surface area contributed by atoms with Gasteiger partial charge < -0.3 is 4.74 Å². The van der Waals surface area contributed by atoms with Gasteiger partial charge in [0, 0.05) is 10.4 Å². The minimum Gasteiger partial charge on any atom is -0.402 e. The Morgan fingerprint density at radius 1 is 1.26 bits per heavy atom. The van der Waals surface area contributed by atoms with E-state index in [4.69, 9.17) is 4.74 Å². The highest BCUT2D eigenvalue weighted by molar-refractivity contribution is 7.10. The van der Waals surface area contributed by atoms with E-state index < -0.39 is 11.8 Å². The lowest BCUT2D eigenvalue weighted by atomic mass is 10.2. The van der Waals surface area contributed by atoms with Crippen LogP contribution in [0.1, 0.15) is 10.4 Å². The van der Waals surface area contributed by atoms with Crippen molar-refractivity contribution in [1.82, 2.24) is 0 Å². The Labute approximate surface area is 112 Å². The minimum atomic E-state index is -0.521. The Morgan fingerprint density at radius 2 is 2.16 bits per heavy atom. The molecule has 94 valence electrons. The van der Waals surface area contributed by atoms with Gasteiger partial charge >= 0.3 is 5.97 Å². The summed E-state index contributed by atoms with van der Waals surface area (Å²) in [6, 6.07) is 9.55. The van der Waals surface area contributed by atoms with Crippen LogP contribution in [0.5, 0.6) is 0 Å². The number of aliphatic imine (C=N–C) groups is 1. The quantitative estimate of drug-likeness (QED) is 0.622. The van der Waals surface area contributed by atoms with Crippen LogP contribution in [0.15, 0.2) is 52.5 Å². The molecule has 0 N–H and O–H groups in total. The Morgan fingerprint density at radius 3 is 2.89 bits per heavy atom. The number of hydrogen-bond acceptors (Lipinski definition) is 4. The first-order valence-electron chi connectivity index (χ1n) is 5.54. The van der Waals surface area contributed by atoms with Crippen LogP contribution >= 0.6 is 11.3 Å². The van der Waals surface area contributed by atoms with Gasteiger partial charge in [0.2, 0.25) is 5.90 Å². The zero-order valence-corrected chi connectivity index (χ0v) is 10.5. The second-order valence-corrected chi connectivity index (χ2v) is 4.84. The van der Waals surface area contributed by atoms with Gasteiger partial charge in [0.15, 0.2) is 5.70 Å². The zero-order chi connectivity index (χ0) is 13.2. The highest BCUT2D eigenvalue weighted by Gasteiger charge is 2.24. The van der Waals surface area contributed by atoms with Crippen LogP contribution in [0.4, 0.5) is 4.39 Å². The number of rotatable bonds is 2. The molecule has 0 aliphatic carbocycles. The summed E-state index contributed by atoms with van der Waals surface area (Å²) in [6.07, 6.45) is 1.65. The fourth-order valence-electron chi connectivity index (χ4n) is 1.66. The van der Waals surface area contributed by atoms with E-state index in [0.29, 0.717) is 5.56 Å². The molecule has 5 heteroatoms. The van der Waals surface area contributed by atoms with Gasteiger partial charge in [-0.05, 0) is 35.7 Å². The molecule has 0 saturated carbocycles. The van der Waals surface area contributed by atoms with Crippen molar-refractivity contribution < 1.29 is 13.9 Å². The Balaban J connectivity index is 1.95. The van der Waals surface area contributed by atoms with Gasteiger partial charge in [-0.15, -0.1) is 11.3 Å². The lowest BCUT2D eigenvalue weighted by Crippen LogP contribution is -2.05. The van der Waals surface area contributed by atoms with Crippen LogP contribution in [0, 0.1) is 5.82 Å². The number of ether oxygens (including phenoxy) is 1. The lowest BCUT2D eigenvalue weighted by Gasteiger charge is -1.98. The van der Waals surface area contributed by atoms with E-state index in [9.17, 15) is 9.18 Å². The van der Waals surface area contributed by atoms with E-state index in [0.717, 1.165) is 4.88 Å². The van der Waals surface area contributed by atoms with Crippen molar-refractivity contribution in [3.8, 4) is 0 Å². The van der Waals surface area contributed by atoms with Gasteiger partial charge in [-0.3, -0.25) is 0 Å². The average Bonchev–Trinajstić information content (AvgIpc) is 3.01. The monoisotopic (exact) mass is 273 g/mol. The van der Waals surface area contributed by atoms with Crippen LogP contribution in [0.25, 0.3) is 6.08 Å². The fraction of sp³-hybridized carbons (Fsp3) is 0. The molecule has 0 amide bonds. The van der Waals surface area contributed by atoms with Gasteiger partial charge in [-0.1, -0.05) is 12.1 Å². The first-order valence-corrected chi connectivity index (χ1v) is 6.42. The van der Waals surface area contributed by atoms with Gasteiger partial charge in [0.1, 0.15) is 5.82 Å². The van der Waals surface area contributed by atoms with Gasteiger partial charge in [-0.25, -0.2) is 14.2 Å². The molecule has 3 nitrogen and oxygen atoms in total. The standard InChI is InChI=1S/C14H8FNO2S/c15-10-4-1-3-9(7-10)13-16-12(14(17)18-13)8-11-5-2-6-19-11/h1-8H/b12-8-. The number of thiophene rings is 1. The number of esters is 1. The molecule has 0 unspecified atom stereocenters. The Bertz CT molecular complexity index is 689. The second kappa shape index (κ2) is 4.78. The molecule has 0 radical (unpaired) electrons. The molecule has 2 aromatic rings. The average molecular weight is 273 g/mol. The largest absolute Gasteiger partial charge is 0.402 e. The van der Waals surface area contributed by atoms with E-state index in [1.807, 2.05) is 17.5 Å². The molecule has 0 bridgehead atoms. The van der Waals surface area contributed by atoms with Crippen LogP contribution < -0.4 is 0 Å². The first kappa shape index (κ1) is 11.8. The smallest absolute Gasteiger partial charge is 0.363 e. The molecule has 2 heterocycles. The van der Waals surface area contributed by atoms with Crippen molar-refractivity contribution in [1.29, 1.82) is 0 Å². The maximum atomic E-state index is 13.1. The number of carbonyl (C=O) groups excluding carboxylic acids is 1. The number of nitrogens with zero attached hydrogens (tertiary/aromatic N) is 1. The summed E-state index contributed by atoms with van der Waals surface area (Å²) in [5.74, 6) is -0.785. The first-order chi connectivity index (χ1) is 9.22. The van der Waals surface area contributed by atoms with Gasteiger partial charge in [0.25, 0.3) is 0 Å². The zero-order valence-electron chi connectivity index (χ0n) is 9.67. The van der Waals surface area contributed by atoms with Crippen LogP contribution in [0.2, 0.25) is 0 Å². The summed E-state index contributed by atoms with van der Waals surface area (Å²) in [4.78, 5) is 16.7. The summed E-state index contributed by atoms with van der Waals surface area (Å²) in [6.45, 7) is 0. The van der Waals surface area contributed by atoms with Crippen molar-refractivity contribution in [2.75, 3.05) is 0 Å². The molecule has 1 aliphatic heterocycles. The Kier molecular flexibility index (Phi) is 2.97. The third kappa shape index (κ3) is 2.46. The minimum absolute atomic E-state index is 0.132. The summed E-state index contributed by atoms with van der Waals surface area (Å²) >= 11 is 1.50. The molecule has 3 rings (SSSR count). The van der Waals surface area contributed by atoms with Crippen LogP contribution in [-0.2, 0) is 9.53 Å². The van der Waals surface area contributed by atoms with Crippen LogP contribution in [-0.4, -0.2) is 11.9 Å². The molecule has 1 aromatic heterocycles. The van der Waals surface area contributed by atoms with E-state index in [2.05, 4.69) is 4.99 Å². The molecule has 0 fully saturated rings. The number of halogens is 1. The Hall–Kier alpha value is -2.27. The van der Waals surface area contributed by atoms with Crippen molar-refractivity contribution in [2.24, 2.45) is 4.99 Å². The lowest BCUT2D eigenvalue weighted by molar-refractivity contribution is -0.129. The summed E-state index contributed by atoms with van der Waals surface area (Å²) in [5, 5.41) is 1.91. The van der Waals surface area contributed by atoms with E-state index in [-0.39, 0.29) is 11.6 Å². The molecule has 0 spiro atoms. The van der Waals surface area contributed by atoms with Crippen LogP contribution in [0.3, 0.4) is 0 Å². The summed E-state index contributed by atoms with van der Waals surface area (Å²) in [5.41, 5.74) is 0.671. The van der Waals surface area contributed by atoms with Crippen molar-refractivity contribution in [3.05, 3.63) is 63.7 Å². The molecule has 0 atom stereocenters. The van der Waals surface area contributed by atoms with Crippen molar-refractivity contribution in [3.63, 3.8) is 0 Å². The predicted molar refractivity (Wildman–Crippen MR) is 71.3 cm³/mol. The molecule has 1 aromatic carbocycles. The third-order valence-corrected chi connectivity index (χ3v) is 3.33. The normalized spacial score (nSPS) is 16.6. The molecule has 19 heavy (non-hydrogen) atoms. The molecular formula is C14H8FNO2S. The van der Waals surface area contributed by atoms with E-state index in [1.165, 1.54) is 23.5 Å². The molecule has 0 saturated heterocycles. The number of carbonyl (C=O) groups is 1. The third-order valence-electron chi connectivity index (χ3n) is 2.51. The maximum absolute atomic E-state index is 13.1. The van der Waals surface area contributed by atoms with Gasteiger partial charge in [-0.2, -0.15) is 0 Å². The SMILES string of the molecule is O=C1OC(c2cccc(F)c2)=N/C1=C\c1cccs1. The topological polar surface area (TPSA) is 38.7 Å².